The summed E-state index contributed by atoms with van der Waals surface area (Å²) in [5, 5.41) is 0. The Labute approximate surface area is 110 Å². The maximum absolute atomic E-state index is 11.8. The molecule has 0 aliphatic carbocycles. The highest BCUT2D eigenvalue weighted by atomic mass is 32.1. The van der Waals surface area contributed by atoms with Crippen molar-refractivity contribution in [2.75, 3.05) is 13.2 Å². The molecule has 0 saturated carbocycles. The minimum Gasteiger partial charge on any atom is -0.391 e. The number of carbonyl (C=O) groups excluding carboxylic acids is 2. The van der Waals surface area contributed by atoms with Gasteiger partial charge in [0, 0.05) is 0 Å². The predicted octanol–water partition coefficient (Wildman–Crippen LogP) is 0.399. The number of ether oxygens (including phenoxy) is 1. The lowest BCUT2D eigenvalue weighted by atomic mass is 10.0. The van der Waals surface area contributed by atoms with Gasteiger partial charge in [-0.05, 0) is 5.56 Å². The van der Waals surface area contributed by atoms with Crippen molar-refractivity contribution in [1.29, 1.82) is 0 Å². The molecule has 0 spiro atoms. The monoisotopic (exact) mass is 264 g/mol. The van der Waals surface area contributed by atoms with E-state index in [0.717, 1.165) is 4.90 Å². The zero-order chi connectivity index (χ0) is 13.1. The van der Waals surface area contributed by atoms with Gasteiger partial charge in [0.25, 0.3) is 11.8 Å². The van der Waals surface area contributed by atoms with Crippen LogP contribution in [0, 0.1) is 0 Å². The first-order valence-electron chi connectivity index (χ1n) is 5.38. The summed E-state index contributed by atoms with van der Waals surface area (Å²) in [5.41, 5.74) is 6.38. The van der Waals surface area contributed by atoms with Crippen LogP contribution in [0.2, 0.25) is 0 Å². The summed E-state index contributed by atoms with van der Waals surface area (Å²) < 4.78 is 4.87. The normalized spacial score (nSPS) is 17.7. The number of imide groups is 1. The Bertz CT molecular complexity index is 473. The largest absolute Gasteiger partial charge is 0.391 e. The number of hydrogen-bond donors (Lipinski definition) is 1. The first-order chi connectivity index (χ1) is 8.61. The number of thiocarbonyl (C=S) groups is 1. The molecule has 5 nitrogen and oxygen atoms in total. The molecule has 1 unspecified atom stereocenters. The Hall–Kier alpha value is -1.79. The number of morpholine rings is 1. The molecule has 0 aromatic heterocycles. The minimum absolute atomic E-state index is 0.0878. The Morgan fingerprint density at radius 2 is 1.78 bits per heavy atom. The van der Waals surface area contributed by atoms with E-state index in [0.29, 0.717) is 5.56 Å². The van der Waals surface area contributed by atoms with Gasteiger partial charge < -0.3 is 10.5 Å². The maximum atomic E-state index is 11.8. The third kappa shape index (κ3) is 2.39. The molecule has 1 heterocycles. The average molecular weight is 264 g/mol. The predicted molar refractivity (Wildman–Crippen MR) is 68.6 cm³/mol. The van der Waals surface area contributed by atoms with Crippen LogP contribution in [0.5, 0.6) is 0 Å². The van der Waals surface area contributed by atoms with Crippen LogP contribution < -0.4 is 5.73 Å². The van der Waals surface area contributed by atoms with Crippen molar-refractivity contribution in [3.8, 4) is 0 Å². The molecule has 1 atom stereocenters. The average Bonchev–Trinajstić information content (AvgIpc) is 2.34. The minimum atomic E-state index is -0.704. The summed E-state index contributed by atoms with van der Waals surface area (Å²) in [6.45, 7) is -0.255. The Morgan fingerprint density at radius 1 is 1.22 bits per heavy atom. The fourth-order valence-corrected chi connectivity index (χ4v) is 2.11. The second-order valence-electron chi connectivity index (χ2n) is 3.87. The molecule has 0 bridgehead atoms. The summed E-state index contributed by atoms with van der Waals surface area (Å²) in [4.78, 5) is 24.7. The van der Waals surface area contributed by atoms with Crippen LogP contribution in [-0.4, -0.2) is 34.9 Å². The van der Waals surface area contributed by atoms with Crippen molar-refractivity contribution >= 4 is 29.0 Å². The van der Waals surface area contributed by atoms with Crippen LogP contribution in [0.1, 0.15) is 11.6 Å². The Balaban J connectivity index is 2.39. The second kappa shape index (κ2) is 5.24. The van der Waals surface area contributed by atoms with E-state index in [1.807, 2.05) is 6.07 Å². The molecule has 0 radical (unpaired) electrons. The molecule has 94 valence electrons. The number of rotatable bonds is 3. The van der Waals surface area contributed by atoms with Gasteiger partial charge in [-0.3, -0.25) is 14.5 Å². The molecule has 1 fully saturated rings. The summed E-state index contributed by atoms with van der Waals surface area (Å²) in [6.07, 6.45) is 0. The van der Waals surface area contributed by atoms with Crippen LogP contribution in [0.25, 0.3) is 0 Å². The molecule has 2 amide bonds. The molecule has 2 N–H and O–H groups in total. The molecule has 1 aliphatic rings. The van der Waals surface area contributed by atoms with Gasteiger partial charge in [0.15, 0.2) is 0 Å². The molecule has 1 aromatic rings. The first-order valence-corrected chi connectivity index (χ1v) is 5.79. The van der Waals surface area contributed by atoms with Gasteiger partial charge in [0.05, 0.1) is 0 Å². The van der Waals surface area contributed by atoms with Gasteiger partial charge in [-0.15, -0.1) is 0 Å². The van der Waals surface area contributed by atoms with Crippen molar-refractivity contribution in [3.63, 3.8) is 0 Å². The summed E-state index contributed by atoms with van der Waals surface area (Å²) >= 11 is 4.98. The third-order valence-electron chi connectivity index (χ3n) is 2.63. The zero-order valence-electron chi connectivity index (χ0n) is 9.54. The third-order valence-corrected chi connectivity index (χ3v) is 2.85. The zero-order valence-corrected chi connectivity index (χ0v) is 10.4. The highest BCUT2D eigenvalue weighted by molar-refractivity contribution is 7.80. The number of amides is 2. The van der Waals surface area contributed by atoms with Gasteiger partial charge in [0.2, 0.25) is 0 Å². The van der Waals surface area contributed by atoms with E-state index in [-0.39, 0.29) is 18.2 Å². The molecule has 1 aromatic carbocycles. The van der Waals surface area contributed by atoms with E-state index < -0.39 is 17.9 Å². The van der Waals surface area contributed by atoms with Crippen LogP contribution in [0.3, 0.4) is 0 Å². The lowest BCUT2D eigenvalue weighted by molar-refractivity contribution is -0.160. The molecular formula is C12H12N2O3S. The lowest BCUT2D eigenvalue weighted by Crippen LogP contribution is -2.51. The molecule has 18 heavy (non-hydrogen) atoms. The number of nitrogens with two attached hydrogens (primary N) is 1. The van der Waals surface area contributed by atoms with Crippen molar-refractivity contribution in [2.24, 2.45) is 5.73 Å². The van der Waals surface area contributed by atoms with Crippen molar-refractivity contribution in [2.45, 2.75) is 6.04 Å². The highest BCUT2D eigenvalue weighted by Crippen LogP contribution is 2.23. The van der Waals surface area contributed by atoms with Gasteiger partial charge in [-0.1, -0.05) is 42.5 Å². The molecule has 6 heteroatoms. The number of carbonyl (C=O) groups is 2. The highest BCUT2D eigenvalue weighted by Gasteiger charge is 2.35. The van der Waals surface area contributed by atoms with Crippen LogP contribution in [0.15, 0.2) is 30.3 Å². The van der Waals surface area contributed by atoms with Crippen molar-refractivity contribution in [1.82, 2.24) is 4.90 Å². The van der Waals surface area contributed by atoms with Gasteiger partial charge in [-0.25, -0.2) is 0 Å². The SMILES string of the molecule is NC(=S)C(c1ccccc1)N1C(=O)COCC1=O. The number of benzene rings is 1. The standard InChI is InChI=1S/C12H12N2O3S/c13-12(18)11(8-4-2-1-3-5-8)14-9(15)6-17-7-10(14)16/h1-5,11H,6-7H2,(H2,13,18). The number of hydrogen-bond acceptors (Lipinski definition) is 4. The van der Waals surface area contributed by atoms with E-state index >= 15 is 0 Å². The summed E-state index contributed by atoms with van der Waals surface area (Å²) in [7, 11) is 0. The van der Waals surface area contributed by atoms with Crippen LogP contribution in [0.4, 0.5) is 0 Å². The molecular weight excluding hydrogens is 252 g/mol. The quantitative estimate of drug-likeness (QED) is 0.632. The fourth-order valence-electron chi connectivity index (χ4n) is 1.87. The van der Waals surface area contributed by atoms with Gasteiger partial charge >= 0.3 is 0 Å². The van der Waals surface area contributed by atoms with E-state index in [2.05, 4.69) is 0 Å². The van der Waals surface area contributed by atoms with Crippen LogP contribution in [-0.2, 0) is 14.3 Å². The molecule has 1 saturated heterocycles. The second-order valence-corrected chi connectivity index (χ2v) is 4.34. The Kier molecular flexibility index (Phi) is 3.69. The van der Waals surface area contributed by atoms with Gasteiger partial charge in [0.1, 0.15) is 24.2 Å². The van der Waals surface area contributed by atoms with E-state index in [1.165, 1.54) is 0 Å². The Morgan fingerprint density at radius 3 is 2.28 bits per heavy atom. The molecule has 1 aliphatic heterocycles. The summed E-state index contributed by atoms with van der Waals surface area (Å²) in [6, 6.07) is 8.29. The maximum Gasteiger partial charge on any atom is 0.256 e. The summed E-state index contributed by atoms with van der Waals surface area (Å²) in [5.74, 6) is -0.846. The van der Waals surface area contributed by atoms with Crippen LogP contribution >= 0.6 is 12.2 Å². The van der Waals surface area contributed by atoms with Crippen molar-refractivity contribution in [3.05, 3.63) is 35.9 Å². The van der Waals surface area contributed by atoms with Gasteiger partial charge in [-0.2, -0.15) is 0 Å². The number of nitrogens with zero attached hydrogens (tertiary/aromatic N) is 1. The van der Waals surface area contributed by atoms with Crippen molar-refractivity contribution < 1.29 is 14.3 Å². The van der Waals surface area contributed by atoms with E-state index in [4.69, 9.17) is 22.7 Å². The molecule has 2 rings (SSSR count). The fraction of sp³-hybridized carbons (Fsp3) is 0.250. The van der Waals surface area contributed by atoms with E-state index in [9.17, 15) is 9.59 Å². The van der Waals surface area contributed by atoms with E-state index in [1.54, 1.807) is 24.3 Å². The topological polar surface area (TPSA) is 72.6 Å². The first kappa shape index (κ1) is 12.7. The smallest absolute Gasteiger partial charge is 0.256 e. The lowest BCUT2D eigenvalue weighted by Gasteiger charge is -2.32.